The Kier molecular flexibility index (Phi) is 2.95. The van der Waals surface area contributed by atoms with Crippen molar-refractivity contribution in [2.24, 2.45) is 7.05 Å². The third kappa shape index (κ3) is 2.14. The van der Waals surface area contributed by atoms with Gasteiger partial charge in [-0.1, -0.05) is 6.07 Å². The molecule has 0 bridgehead atoms. The van der Waals surface area contributed by atoms with E-state index in [1.807, 2.05) is 0 Å². The molecule has 0 unspecified atom stereocenters. The molecule has 6 nitrogen and oxygen atoms in total. The van der Waals surface area contributed by atoms with Crippen molar-refractivity contribution in [2.75, 3.05) is 10.5 Å². The lowest BCUT2D eigenvalue weighted by molar-refractivity contribution is 0.580. The topological polar surface area (TPSA) is 90.0 Å². The largest absolute Gasteiger partial charge is 0.397 e. The van der Waals surface area contributed by atoms with Crippen LogP contribution in [0.5, 0.6) is 0 Å². The first kappa shape index (κ1) is 12.4. The average molecular weight is 270 g/mol. The second kappa shape index (κ2) is 4.30. The number of benzene rings is 1. The molecule has 0 saturated heterocycles. The van der Waals surface area contributed by atoms with Gasteiger partial charge in [-0.05, 0) is 18.2 Å². The van der Waals surface area contributed by atoms with Gasteiger partial charge in [-0.15, -0.1) is 0 Å². The summed E-state index contributed by atoms with van der Waals surface area (Å²) < 4.78 is 40.8. The lowest BCUT2D eigenvalue weighted by Crippen LogP contribution is -2.18. The molecule has 0 amide bonds. The molecule has 0 aliphatic rings. The highest BCUT2D eigenvalue weighted by Crippen LogP contribution is 2.24. The Bertz CT molecular complexity index is 661. The molecular formula is C10H11FN4O2S. The highest BCUT2D eigenvalue weighted by Gasteiger charge is 2.20. The van der Waals surface area contributed by atoms with Crippen LogP contribution in [0.2, 0.25) is 0 Å². The van der Waals surface area contributed by atoms with Crippen LogP contribution >= 0.6 is 0 Å². The van der Waals surface area contributed by atoms with Crippen molar-refractivity contribution < 1.29 is 12.8 Å². The fourth-order valence-corrected chi connectivity index (χ4v) is 2.68. The van der Waals surface area contributed by atoms with Gasteiger partial charge in [-0.25, -0.2) is 4.39 Å². The Morgan fingerprint density at radius 1 is 1.39 bits per heavy atom. The standard InChI is InChI=1S/C10H11FN4O2S/c1-15-9(5-6-13-15)18(16,17)14-10-7(11)3-2-4-8(10)12/h2-6,14H,12H2,1H3. The lowest BCUT2D eigenvalue weighted by atomic mass is 10.3. The molecule has 1 aromatic carbocycles. The van der Waals surface area contributed by atoms with Crippen LogP contribution in [-0.4, -0.2) is 18.2 Å². The molecule has 8 heteroatoms. The fraction of sp³-hybridized carbons (Fsp3) is 0.100. The molecule has 1 heterocycles. The van der Waals surface area contributed by atoms with Gasteiger partial charge < -0.3 is 5.73 Å². The first-order valence-electron chi connectivity index (χ1n) is 4.96. The molecule has 0 aliphatic carbocycles. The van der Waals surface area contributed by atoms with Crippen molar-refractivity contribution in [2.45, 2.75) is 5.03 Å². The highest BCUT2D eigenvalue weighted by atomic mass is 32.2. The van der Waals surface area contributed by atoms with Crippen molar-refractivity contribution in [3.63, 3.8) is 0 Å². The predicted molar refractivity (Wildman–Crippen MR) is 64.8 cm³/mol. The second-order valence-corrected chi connectivity index (χ2v) is 5.23. The van der Waals surface area contributed by atoms with Gasteiger partial charge in [-0.3, -0.25) is 9.40 Å². The van der Waals surface area contributed by atoms with Crippen molar-refractivity contribution >= 4 is 21.4 Å². The minimum absolute atomic E-state index is 0.0146. The van der Waals surface area contributed by atoms with E-state index in [0.717, 1.165) is 6.07 Å². The summed E-state index contributed by atoms with van der Waals surface area (Å²) in [6.07, 6.45) is 1.33. The maximum atomic E-state index is 13.5. The summed E-state index contributed by atoms with van der Waals surface area (Å²) in [5.74, 6) is -0.735. The molecule has 0 aliphatic heterocycles. The quantitative estimate of drug-likeness (QED) is 0.812. The summed E-state index contributed by atoms with van der Waals surface area (Å²) in [7, 11) is -2.44. The first-order valence-corrected chi connectivity index (χ1v) is 6.45. The summed E-state index contributed by atoms with van der Waals surface area (Å²) in [5, 5.41) is 3.66. The second-order valence-electron chi connectivity index (χ2n) is 3.60. The Balaban J connectivity index is 2.44. The zero-order valence-electron chi connectivity index (χ0n) is 9.46. The van der Waals surface area contributed by atoms with Gasteiger partial charge in [0.2, 0.25) is 0 Å². The highest BCUT2D eigenvalue weighted by molar-refractivity contribution is 7.92. The van der Waals surface area contributed by atoms with Crippen LogP contribution in [0.3, 0.4) is 0 Å². The molecule has 2 rings (SSSR count). The van der Waals surface area contributed by atoms with Gasteiger partial charge in [0, 0.05) is 7.05 Å². The molecule has 96 valence electrons. The number of aryl methyl sites for hydroxylation is 1. The maximum Gasteiger partial charge on any atom is 0.279 e. The van der Waals surface area contributed by atoms with Crippen LogP contribution < -0.4 is 10.5 Å². The van der Waals surface area contributed by atoms with Gasteiger partial charge in [0.15, 0.2) is 5.03 Å². The molecule has 0 fully saturated rings. The van der Waals surface area contributed by atoms with E-state index in [2.05, 4.69) is 9.82 Å². The van der Waals surface area contributed by atoms with Crippen LogP contribution in [0.25, 0.3) is 0 Å². The first-order chi connectivity index (χ1) is 8.42. The number of halogens is 1. The van der Waals surface area contributed by atoms with Gasteiger partial charge >= 0.3 is 0 Å². The lowest BCUT2D eigenvalue weighted by Gasteiger charge is -2.10. The molecule has 0 saturated carbocycles. The van der Waals surface area contributed by atoms with Crippen LogP contribution in [-0.2, 0) is 17.1 Å². The van der Waals surface area contributed by atoms with Gasteiger partial charge in [0.05, 0.1) is 11.9 Å². The number of aromatic nitrogens is 2. The van der Waals surface area contributed by atoms with E-state index >= 15 is 0 Å². The van der Waals surface area contributed by atoms with Crippen LogP contribution in [0.1, 0.15) is 0 Å². The molecule has 18 heavy (non-hydrogen) atoms. The van der Waals surface area contributed by atoms with E-state index in [-0.39, 0.29) is 16.4 Å². The number of nitrogen functional groups attached to an aromatic ring is 1. The minimum Gasteiger partial charge on any atom is -0.397 e. The van der Waals surface area contributed by atoms with Gasteiger partial charge in [0.25, 0.3) is 10.0 Å². The summed E-state index contributed by atoms with van der Waals surface area (Å²) >= 11 is 0. The average Bonchev–Trinajstić information content (AvgIpc) is 2.71. The molecule has 3 N–H and O–H groups in total. The number of hydrogen-bond acceptors (Lipinski definition) is 4. The van der Waals surface area contributed by atoms with Crippen molar-refractivity contribution in [1.29, 1.82) is 0 Å². The Labute approximate surface area is 103 Å². The van der Waals surface area contributed by atoms with Crippen LogP contribution in [0.15, 0.2) is 35.5 Å². The number of anilines is 2. The van der Waals surface area contributed by atoms with E-state index in [0.29, 0.717) is 0 Å². The summed E-state index contributed by atoms with van der Waals surface area (Å²) in [6, 6.07) is 5.23. The Morgan fingerprint density at radius 2 is 2.11 bits per heavy atom. The van der Waals surface area contributed by atoms with Crippen LogP contribution in [0.4, 0.5) is 15.8 Å². The third-order valence-corrected chi connectivity index (χ3v) is 3.76. The van der Waals surface area contributed by atoms with Crippen molar-refractivity contribution in [3.05, 3.63) is 36.3 Å². The number of nitrogens with one attached hydrogen (secondary N) is 1. The predicted octanol–water partition coefficient (Wildman–Crippen LogP) is 0.942. The van der Waals surface area contributed by atoms with Crippen molar-refractivity contribution in [3.8, 4) is 0 Å². The number of nitrogens with two attached hydrogens (primary N) is 1. The molecule has 0 atom stereocenters. The number of hydrogen-bond donors (Lipinski definition) is 2. The smallest absolute Gasteiger partial charge is 0.279 e. The van der Waals surface area contributed by atoms with E-state index in [9.17, 15) is 12.8 Å². The zero-order chi connectivity index (χ0) is 13.3. The Morgan fingerprint density at radius 3 is 2.67 bits per heavy atom. The van der Waals surface area contributed by atoms with Gasteiger partial charge in [-0.2, -0.15) is 13.5 Å². The third-order valence-electron chi connectivity index (χ3n) is 2.33. The molecule has 0 radical (unpaired) electrons. The summed E-state index contributed by atoms with van der Waals surface area (Å²) in [5.41, 5.74) is 5.28. The number of para-hydroxylation sites is 1. The van der Waals surface area contributed by atoms with Crippen LogP contribution in [0, 0.1) is 5.82 Å². The molecule has 0 spiro atoms. The van der Waals surface area contributed by atoms with E-state index < -0.39 is 15.8 Å². The Hall–Kier alpha value is -2.09. The van der Waals surface area contributed by atoms with Crippen molar-refractivity contribution in [1.82, 2.24) is 9.78 Å². The SMILES string of the molecule is Cn1nccc1S(=O)(=O)Nc1c(N)cccc1F. The molecule has 2 aromatic rings. The number of sulfonamides is 1. The van der Waals surface area contributed by atoms with Gasteiger partial charge in [0.1, 0.15) is 11.5 Å². The fourth-order valence-electron chi connectivity index (χ4n) is 1.46. The zero-order valence-corrected chi connectivity index (χ0v) is 10.3. The molecular weight excluding hydrogens is 259 g/mol. The maximum absolute atomic E-state index is 13.5. The van der Waals surface area contributed by atoms with E-state index in [1.165, 1.54) is 36.1 Å². The minimum atomic E-state index is -3.92. The normalized spacial score (nSPS) is 11.4. The summed E-state index contributed by atoms with van der Waals surface area (Å²) in [4.78, 5) is 0. The van der Waals surface area contributed by atoms with E-state index in [1.54, 1.807) is 0 Å². The summed E-state index contributed by atoms with van der Waals surface area (Å²) in [6.45, 7) is 0. The number of rotatable bonds is 3. The monoisotopic (exact) mass is 270 g/mol. The van der Waals surface area contributed by atoms with E-state index in [4.69, 9.17) is 5.73 Å². The number of nitrogens with zero attached hydrogens (tertiary/aromatic N) is 2. The molecule has 1 aromatic heterocycles.